The van der Waals surface area contributed by atoms with Crippen molar-refractivity contribution in [1.29, 1.82) is 0 Å². The molecule has 3 rings (SSSR count). The molecule has 1 aliphatic heterocycles. The van der Waals surface area contributed by atoms with Gasteiger partial charge in [-0.25, -0.2) is 0 Å². The van der Waals surface area contributed by atoms with Crippen LogP contribution in [-0.2, 0) is 0 Å². The molecule has 0 radical (unpaired) electrons. The summed E-state index contributed by atoms with van der Waals surface area (Å²) in [7, 11) is 0. The Bertz CT molecular complexity index is 524. The van der Waals surface area contributed by atoms with Gasteiger partial charge in [-0.05, 0) is 43.2 Å². The number of hydrogen-bond donors (Lipinski definition) is 1. The van der Waals surface area contributed by atoms with Crippen LogP contribution >= 0.6 is 0 Å². The molecule has 0 spiro atoms. The zero-order chi connectivity index (χ0) is 14.3. The molecule has 0 bridgehead atoms. The minimum Gasteiger partial charge on any atom is -0.396 e. The second-order valence-corrected chi connectivity index (χ2v) is 6.23. The summed E-state index contributed by atoms with van der Waals surface area (Å²) in [5.41, 5.74) is 0.982. The number of aliphatic hydroxyl groups is 1. The molecule has 2 amide bonds. The molecule has 0 saturated heterocycles. The highest BCUT2D eigenvalue weighted by Crippen LogP contribution is 2.39. The predicted molar refractivity (Wildman–Crippen MR) is 74.4 cm³/mol. The Labute approximate surface area is 118 Å². The van der Waals surface area contributed by atoms with Crippen molar-refractivity contribution in [3.8, 4) is 0 Å². The number of carbonyl (C=O) groups is 2. The second kappa shape index (κ2) is 4.70. The molecular weight excluding hydrogens is 254 g/mol. The fourth-order valence-corrected chi connectivity index (χ4v) is 3.26. The van der Waals surface area contributed by atoms with E-state index < -0.39 is 0 Å². The van der Waals surface area contributed by atoms with Gasteiger partial charge in [-0.2, -0.15) is 0 Å². The van der Waals surface area contributed by atoms with Gasteiger partial charge in [-0.1, -0.05) is 19.1 Å². The van der Waals surface area contributed by atoms with E-state index in [9.17, 15) is 14.7 Å². The van der Waals surface area contributed by atoms with Gasteiger partial charge < -0.3 is 5.11 Å². The average Bonchev–Trinajstić information content (AvgIpc) is 2.73. The molecule has 1 N–H and O–H groups in total. The highest BCUT2D eigenvalue weighted by atomic mass is 16.3. The molecule has 1 heterocycles. The summed E-state index contributed by atoms with van der Waals surface area (Å²) in [6.45, 7) is 2.23. The minimum atomic E-state index is -0.164. The number of nitrogens with zero attached hydrogens (tertiary/aromatic N) is 1. The van der Waals surface area contributed by atoms with Crippen molar-refractivity contribution in [2.75, 3.05) is 6.61 Å². The van der Waals surface area contributed by atoms with E-state index in [1.807, 2.05) is 0 Å². The lowest BCUT2D eigenvalue weighted by molar-refractivity contribution is 0.0391. The maximum absolute atomic E-state index is 12.4. The Balaban J connectivity index is 1.81. The third-order valence-electron chi connectivity index (χ3n) is 4.73. The van der Waals surface area contributed by atoms with Crippen LogP contribution in [0.2, 0.25) is 0 Å². The quantitative estimate of drug-likeness (QED) is 0.841. The molecular formula is C16H19NO3. The van der Waals surface area contributed by atoms with E-state index in [-0.39, 0.29) is 29.9 Å². The Morgan fingerprint density at radius 1 is 1.15 bits per heavy atom. The van der Waals surface area contributed by atoms with E-state index in [0.29, 0.717) is 11.1 Å². The molecule has 4 nitrogen and oxygen atoms in total. The minimum absolute atomic E-state index is 0.0259. The number of carbonyl (C=O) groups excluding carboxylic acids is 2. The first-order valence-corrected chi connectivity index (χ1v) is 7.13. The van der Waals surface area contributed by atoms with Crippen LogP contribution in [0.1, 0.15) is 53.3 Å². The summed E-state index contributed by atoms with van der Waals surface area (Å²) in [6, 6.07) is 6.99. The monoisotopic (exact) mass is 273 g/mol. The summed E-state index contributed by atoms with van der Waals surface area (Å²) >= 11 is 0. The van der Waals surface area contributed by atoms with Crippen molar-refractivity contribution in [3.05, 3.63) is 35.4 Å². The van der Waals surface area contributed by atoms with Crippen molar-refractivity contribution in [3.63, 3.8) is 0 Å². The first-order chi connectivity index (χ1) is 9.56. The van der Waals surface area contributed by atoms with Gasteiger partial charge in [0.15, 0.2) is 0 Å². The number of aliphatic hydroxyl groups excluding tert-OH is 1. The third-order valence-corrected chi connectivity index (χ3v) is 4.73. The molecule has 4 heteroatoms. The number of imide groups is 1. The molecule has 106 valence electrons. The molecule has 0 atom stereocenters. The average molecular weight is 273 g/mol. The summed E-state index contributed by atoms with van der Waals surface area (Å²) < 4.78 is 0. The zero-order valence-corrected chi connectivity index (χ0v) is 11.6. The van der Waals surface area contributed by atoms with Crippen LogP contribution in [0.4, 0.5) is 0 Å². The molecule has 1 saturated carbocycles. The molecule has 0 unspecified atom stereocenters. The molecule has 20 heavy (non-hydrogen) atoms. The van der Waals surface area contributed by atoms with Gasteiger partial charge >= 0.3 is 0 Å². The first kappa shape index (κ1) is 13.3. The highest BCUT2D eigenvalue weighted by Gasteiger charge is 2.42. The van der Waals surface area contributed by atoms with Crippen molar-refractivity contribution < 1.29 is 14.7 Å². The van der Waals surface area contributed by atoms with E-state index >= 15 is 0 Å². The predicted octanol–water partition coefficient (Wildman–Crippen LogP) is 2.22. The number of amides is 2. The van der Waals surface area contributed by atoms with Crippen molar-refractivity contribution >= 4 is 11.8 Å². The Morgan fingerprint density at radius 2 is 1.65 bits per heavy atom. The van der Waals surface area contributed by atoms with E-state index in [2.05, 4.69) is 6.92 Å². The van der Waals surface area contributed by atoms with Crippen molar-refractivity contribution in [2.45, 2.75) is 38.6 Å². The van der Waals surface area contributed by atoms with Crippen LogP contribution in [0.25, 0.3) is 0 Å². The van der Waals surface area contributed by atoms with Crippen molar-refractivity contribution in [1.82, 2.24) is 4.90 Å². The lowest BCUT2D eigenvalue weighted by atomic mass is 9.74. The molecule has 1 aromatic rings. The zero-order valence-electron chi connectivity index (χ0n) is 11.6. The fourth-order valence-electron chi connectivity index (χ4n) is 3.26. The van der Waals surface area contributed by atoms with E-state index in [1.54, 1.807) is 24.3 Å². The molecule has 1 aliphatic carbocycles. The van der Waals surface area contributed by atoms with Gasteiger partial charge in [-0.15, -0.1) is 0 Å². The molecule has 1 aromatic carbocycles. The van der Waals surface area contributed by atoms with Crippen LogP contribution in [0.5, 0.6) is 0 Å². The van der Waals surface area contributed by atoms with Gasteiger partial charge in [0, 0.05) is 12.6 Å². The maximum atomic E-state index is 12.4. The highest BCUT2D eigenvalue weighted by molar-refractivity contribution is 6.21. The van der Waals surface area contributed by atoms with Crippen LogP contribution < -0.4 is 0 Å². The van der Waals surface area contributed by atoms with E-state index in [1.165, 1.54) is 4.90 Å². The summed E-state index contributed by atoms with van der Waals surface area (Å²) in [6.07, 6.45) is 3.26. The fraction of sp³-hybridized carbons (Fsp3) is 0.500. The van der Waals surface area contributed by atoms with Gasteiger partial charge in [-0.3, -0.25) is 14.5 Å². The van der Waals surface area contributed by atoms with Crippen LogP contribution in [0.15, 0.2) is 24.3 Å². The van der Waals surface area contributed by atoms with Gasteiger partial charge in [0.25, 0.3) is 11.8 Å². The topological polar surface area (TPSA) is 57.6 Å². The first-order valence-electron chi connectivity index (χ1n) is 7.13. The summed E-state index contributed by atoms with van der Waals surface area (Å²) in [5.74, 6) is -0.327. The van der Waals surface area contributed by atoms with Gasteiger partial charge in [0.1, 0.15) is 0 Å². The number of hydrogen-bond acceptors (Lipinski definition) is 3. The largest absolute Gasteiger partial charge is 0.396 e. The number of fused-ring (bicyclic) bond motifs is 1. The lowest BCUT2D eigenvalue weighted by Gasteiger charge is -2.38. The van der Waals surface area contributed by atoms with Crippen LogP contribution in [-0.4, -0.2) is 34.5 Å². The number of rotatable bonds is 2. The Hall–Kier alpha value is -1.68. The van der Waals surface area contributed by atoms with Gasteiger partial charge in [0.05, 0.1) is 11.1 Å². The Kier molecular flexibility index (Phi) is 3.13. The van der Waals surface area contributed by atoms with Gasteiger partial charge in [0.2, 0.25) is 0 Å². The SMILES string of the molecule is CC1(CO)CCC(N2C(=O)c3ccccc3C2=O)CC1. The normalized spacial score (nSPS) is 29.7. The lowest BCUT2D eigenvalue weighted by Crippen LogP contribution is -2.44. The van der Waals surface area contributed by atoms with Crippen molar-refractivity contribution in [2.24, 2.45) is 5.41 Å². The third kappa shape index (κ3) is 1.95. The van der Waals surface area contributed by atoms with E-state index in [0.717, 1.165) is 25.7 Å². The number of benzene rings is 1. The Morgan fingerprint density at radius 3 is 2.10 bits per heavy atom. The molecule has 2 aliphatic rings. The smallest absolute Gasteiger partial charge is 0.261 e. The van der Waals surface area contributed by atoms with E-state index in [4.69, 9.17) is 0 Å². The van der Waals surface area contributed by atoms with Crippen LogP contribution in [0.3, 0.4) is 0 Å². The maximum Gasteiger partial charge on any atom is 0.261 e. The summed E-state index contributed by atoms with van der Waals surface area (Å²) in [4.78, 5) is 26.2. The standard InChI is InChI=1S/C16H19NO3/c1-16(10-18)8-6-11(7-9-16)17-14(19)12-4-2-3-5-13(12)15(17)20/h2-5,11,18H,6-10H2,1H3. The molecule has 0 aromatic heterocycles. The molecule has 1 fully saturated rings. The van der Waals surface area contributed by atoms with Crippen LogP contribution in [0, 0.1) is 5.41 Å². The second-order valence-electron chi connectivity index (χ2n) is 6.23. The summed E-state index contributed by atoms with van der Waals surface area (Å²) in [5, 5.41) is 9.40.